The number of hydrogen-bond donors (Lipinski definition) is 2. The molecule has 4 atom stereocenters. The van der Waals surface area contributed by atoms with E-state index in [2.05, 4.69) is 33.7 Å². The number of ether oxygens (including phenoxy) is 2. The molecule has 1 aliphatic carbocycles. The number of fused-ring (bicyclic) bond motifs is 2. The molecule has 9 heteroatoms. The number of aryl methyl sites for hydroxylation is 2. The maximum absolute atomic E-state index is 13.0. The lowest BCUT2D eigenvalue weighted by atomic mass is 9.79. The van der Waals surface area contributed by atoms with Crippen LogP contribution in [0.2, 0.25) is 0 Å². The van der Waals surface area contributed by atoms with E-state index >= 15 is 0 Å². The first-order chi connectivity index (χ1) is 17.3. The van der Waals surface area contributed by atoms with Crippen LogP contribution in [0, 0.1) is 0 Å². The number of hydrogen-bond acceptors (Lipinski definition) is 4. The van der Waals surface area contributed by atoms with Gasteiger partial charge in [-0.05, 0) is 65.8 Å². The van der Waals surface area contributed by atoms with Gasteiger partial charge in [0.15, 0.2) is 0 Å². The molecule has 1 fully saturated rings. The molecule has 2 aliphatic rings. The number of rotatable bonds is 5. The van der Waals surface area contributed by atoms with E-state index in [0.717, 1.165) is 36.1 Å². The van der Waals surface area contributed by atoms with Crippen molar-refractivity contribution in [3.63, 3.8) is 0 Å². The molecule has 3 aromatic rings. The Bertz CT molecular complexity index is 1190. The van der Waals surface area contributed by atoms with Crippen LogP contribution in [0.3, 0.4) is 0 Å². The van der Waals surface area contributed by atoms with Crippen molar-refractivity contribution in [1.82, 2.24) is 4.72 Å². The molecule has 190 valence electrons. The third kappa shape index (κ3) is 5.34. The molecular weight excluding hydrogens is 491 g/mol. The van der Waals surface area contributed by atoms with Crippen molar-refractivity contribution in [3.05, 3.63) is 95.1 Å². The molecule has 0 bridgehead atoms. The van der Waals surface area contributed by atoms with Crippen molar-refractivity contribution < 1.29 is 32.0 Å². The van der Waals surface area contributed by atoms with Gasteiger partial charge in [-0.15, -0.1) is 13.2 Å². The first kappa shape index (κ1) is 25.0. The van der Waals surface area contributed by atoms with Crippen LogP contribution in [-0.2, 0) is 28.6 Å². The predicted octanol–water partition coefficient (Wildman–Crippen LogP) is 4.65. The molecule has 36 heavy (non-hydrogen) atoms. The molecule has 4 unspecified atom stereocenters. The molecule has 0 saturated carbocycles. The van der Waals surface area contributed by atoms with Gasteiger partial charge in [-0.1, -0.05) is 48.5 Å². The smallest absolute Gasteiger partial charge is 0.406 e. The van der Waals surface area contributed by atoms with Gasteiger partial charge < -0.3 is 14.6 Å². The van der Waals surface area contributed by atoms with Crippen LogP contribution in [0.15, 0.2) is 77.7 Å². The second-order valence-corrected chi connectivity index (χ2v) is 10.2. The predicted molar refractivity (Wildman–Crippen MR) is 129 cm³/mol. The number of halogens is 3. The largest absolute Gasteiger partial charge is 0.573 e. The lowest BCUT2D eigenvalue weighted by molar-refractivity contribution is -0.274. The molecule has 1 heterocycles. The Morgan fingerprint density at radius 1 is 0.917 bits per heavy atom. The van der Waals surface area contributed by atoms with Gasteiger partial charge in [-0.3, -0.25) is 0 Å². The maximum atomic E-state index is 13.0. The van der Waals surface area contributed by atoms with Gasteiger partial charge in [0.1, 0.15) is 16.7 Å². The molecule has 5 nitrogen and oxygen atoms in total. The first-order valence-electron chi connectivity index (χ1n) is 11.8. The van der Waals surface area contributed by atoms with Crippen molar-refractivity contribution in [1.29, 1.82) is 0 Å². The van der Waals surface area contributed by atoms with Crippen molar-refractivity contribution in [2.45, 2.75) is 54.7 Å². The SMILES string of the molecule is O=S(NC1CCOC(C2c3ccccc3CCc3ccccc32)C1O)c1ccc(OC(F)(F)F)cc1. The van der Waals surface area contributed by atoms with Gasteiger partial charge in [0, 0.05) is 12.5 Å². The molecular formula is C27H26F3NO4S. The van der Waals surface area contributed by atoms with E-state index in [1.807, 2.05) is 24.3 Å². The van der Waals surface area contributed by atoms with E-state index in [1.54, 1.807) is 0 Å². The maximum Gasteiger partial charge on any atom is 0.573 e. The van der Waals surface area contributed by atoms with Crippen LogP contribution in [-0.4, -0.2) is 40.5 Å². The summed E-state index contributed by atoms with van der Waals surface area (Å²) in [5.74, 6) is -0.577. The van der Waals surface area contributed by atoms with Gasteiger partial charge in [-0.2, -0.15) is 0 Å². The second-order valence-electron chi connectivity index (χ2n) is 9.00. The van der Waals surface area contributed by atoms with Gasteiger partial charge in [0.2, 0.25) is 0 Å². The van der Waals surface area contributed by atoms with Crippen LogP contribution >= 0.6 is 0 Å². The average Bonchev–Trinajstić information content (AvgIpc) is 3.02. The summed E-state index contributed by atoms with van der Waals surface area (Å²) in [7, 11) is -1.75. The topological polar surface area (TPSA) is 67.8 Å². The molecule has 1 saturated heterocycles. The van der Waals surface area contributed by atoms with Crippen LogP contribution in [0.5, 0.6) is 5.75 Å². The Morgan fingerprint density at radius 2 is 1.50 bits per heavy atom. The van der Waals surface area contributed by atoms with Gasteiger partial charge in [0.05, 0.1) is 23.1 Å². The zero-order valence-corrected chi connectivity index (χ0v) is 20.1. The van der Waals surface area contributed by atoms with Crippen LogP contribution in [0.25, 0.3) is 0 Å². The Hall–Kier alpha value is -2.72. The minimum atomic E-state index is -4.80. The quantitative estimate of drug-likeness (QED) is 0.517. The van der Waals surface area contributed by atoms with Crippen molar-refractivity contribution in [2.24, 2.45) is 0 Å². The van der Waals surface area contributed by atoms with Crippen LogP contribution < -0.4 is 9.46 Å². The fourth-order valence-corrected chi connectivity index (χ4v) is 6.19. The van der Waals surface area contributed by atoms with Crippen molar-refractivity contribution >= 4 is 11.0 Å². The summed E-state index contributed by atoms with van der Waals surface area (Å²) in [5, 5.41) is 11.4. The molecule has 0 spiro atoms. The van der Waals surface area contributed by atoms with Crippen LogP contribution in [0.1, 0.15) is 34.6 Å². The number of aliphatic hydroxyl groups excluding tert-OH is 1. The van der Waals surface area contributed by atoms with E-state index in [9.17, 15) is 22.5 Å². The second kappa shape index (κ2) is 10.3. The third-order valence-corrected chi connectivity index (χ3v) is 8.01. The highest BCUT2D eigenvalue weighted by molar-refractivity contribution is 7.83. The van der Waals surface area contributed by atoms with E-state index in [4.69, 9.17) is 4.74 Å². The summed E-state index contributed by atoms with van der Waals surface area (Å²) in [6, 6.07) is 20.7. The minimum absolute atomic E-state index is 0.188. The van der Waals surface area contributed by atoms with Crippen LogP contribution in [0.4, 0.5) is 13.2 Å². The van der Waals surface area contributed by atoms with Gasteiger partial charge >= 0.3 is 6.36 Å². The fraction of sp³-hybridized carbons (Fsp3) is 0.333. The zero-order chi connectivity index (χ0) is 25.3. The molecule has 2 N–H and O–H groups in total. The summed E-state index contributed by atoms with van der Waals surface area (Å²) in [6.45, 7) is 0.371. The number of nitrogens with one attached hydrogen (secondary N) is 1. The minimum Gasteiger partial charge on any atom is -0.406 e. The summed E-state index contributed by atoms with van der Waals surface area (Å²) in [4.78, 5) is 0.282. The molecule has 5 rings (SSSR count). The summed E-state index contributed by atoms with van der Waals surface area (Å²) in [5.41, 5.74) is 4.67. The Balaban J connectivity index is 1.37. The summed E-state index contributed by atoms with van der Waals surface area (Å²) in [6.07, 6.45) is -4.08. The lowest BCUT2D eigenvalue weighted by Gasteiger charge is -2.40. The molecule has 1 aliphatic heterocycles. The van der Waals surface area contributed by atoms with E-state index in [0.29, 0.717) is 13.0 Å². The fourth-order valence-electron chi connectivity index (χ4n) is 5.14. The third-order valence-electron chi connectivity index (χ3n) is 6.79. The standard InChI is InChI=1S/C27H26F3NO4S/c28-27(29,30)35-19-11-13-20(14-12-19)36(33)31-23-15-16-34-26(25(23)32)24-21-7-3-1-5-17(21)9-10-18-6-2-4-8-22(18)24/h1-8,11-14,23-26,31-32H,9-10,15-16H2. The molecule has 0 amide bonds. The highest BCUT2D eigenvalue weighted by Gasteiger charge is 2.41. The lowest BCUT2D eigenvalue weighted by Crippen LogP contribution is -2.54. The van der Waals surface area contributed by atoms with Gasteiger partial charge in [0.25, 0.3) is 0 Å². The highest BCUT2D eigenvalue weighted by atomic mass is 32.2. The Labute approximate surface area is 209 Å². The van der Waals surface area contributed by atoms with Crippen molar-refractivity contribution in [3.8, 4) is 5.75 Å². The zero-order valence-electron chi connectivity index (χ0n) is 19.3. The Kier molecular flexibility index (Phi) is 7.16. The summed E-state index contributed by atoms with van der Waals surface area (Å²) >= 11 is 0. The average molecular weight is 518 g/mol. The normalized spacial score (nSPS) is 23.3. The molecule has 0 aromatic heterocycles. The van der Waals surface area contributed by atoms with E-state index in [1.165, 1.54) is 23.3 Å². The van der Waals surface area contributed by atoms with E-state index < -0.39 is 35.6 Å². The number of aliphatic hydroxyl groups is 1. The highest BCUT2D eigenvalue weighted by Crippen LogP contribution is 2.40. The van der Waals surface area contributed by atoms with Crippen molar-refractivity contribution in [2.75, 3.05) is 6.61 Å². The molecule has 3 aromatic carbocycles. The molecule has 0 radical (unpaired) electrons. The first-order valence-corrected chi connectivity index (χ1v) is 12.9. The number of benzene rings is 3. The van der Waals surface area contributed by atoms with Gasteiger partial charge in [-0.25, -0.2) is 8.93 Å². The summed E-state index contributed by atoms with van der Waals surface area (Å²) < 4.78 is 63.2. The van der Waals surface area contributed by atoms with E-state index in [-0.39, 0.29) is 16.6 Å². The number of alkyl halides is 3. The monoisotopic (exact) mass is 517 g/mol. The Morgan fingerprint density at radius 3 is 2.08 bits per heavy atom.